The minimum absolute atomic E-state index is 0.125. The molecule has 0 saturated heterocycles. The summed E-state index contributed by atoms with van der Waals surface area (Å²) in [6.45, 7) is 10.3. The number of aliphatic hydroxyl groups is 1. The summed E-state index contributed by atoms with van der Waals surface area (Å²) in [4.78, 5) is 0. The molecule has 0 spiro atoms. The maximum absolute atomic E-state index is 9.82. The Morgan fingerprint density at radius 3 is 2.42 bits per heavy atom. The fourth-order valence-corrected chi connectivity index (χ4v) is 2.33. The van der Waals surface area contributed by atoms with E-state index in [1.807, 2.05) is 0 Å². The van der Waals surface area contributed by atoms with Gasteiger partial charge < -0.3 is 5.11 Å². The Bertz CT molecular complexity index is 174. The molecule has 1 aliphatic rings. The summed E-state index contributed by atoms with van der Waals surface area (Å²) in [5.74, 6) is 1.40. The van der Waals surface area contributed by atoms with Gasteiger partial charge in [0, 0.05) is 0 Å². The second-order valence-corrected chi connectivity index (χ2v) is 4.36. The van der Waals surface area contributed by atoms with E-state index in [-0.39, 0.29) is 6.10 Å². The van der Waals surface area contributed by atoms with E-state index in [9.17, 15) is 5.11 Å². The number of allylic oxidation sites excluding steroid dienone is 1. The number of rotatable bonds is 1. The van der Waals surface area contributed by atoms with Crippen LogP contribution in [-0.4, -0.2) is 11.2 Å². The minimum atomic E-state index is -0.125. The van der Waals surface area contributed by atoms with E-state index in [0.29, 0.717) is 17.8 Å². The topological polar surface area (TPSA) is 20.2 Å². The Kier molecular flexibility index (Phi) is 2.94. The van der Waals surface area contributed by atoms with E-state index in [4.69, 9.17) is 0 Å². The van der Waals surface area contributed by atoms with Crippen LogP contribution in [0, 0.1) is 17.8 Å². The van der Waals surface area contributed by atoms with E-state index in [0.717, 1.165) is 6.42 Å². The molecule has 1 fully saturated rings. The molecule has 0 heterocycles. The molecule has 0 radical (unpaired) electrons. The van der Waals surface area contributed by atoms with Crippen molar-refractivity contribution in [3.8, 4) is 0 Å². The predicted molar refractivity (Wildman–Crippen MR) is 51.9 cm³/mol. The van der Waals surface area contributed by atoms with Crippen LogP contribution in [0.4, 0.5) is 0 Å². The summed E-state index contributed by atoms with van der Waals surface area (Å²) in [6, 6.07) is 0. The normalized spacial score (nSPS) is 42.7. The third-order valence-corrected chi connectivity index (χ3v) is 3.32. The number of hydrogen-bond donors (Lipinski definition) is 1. The van der Waals surface area contributed by atoms with Crippen molar-refractivity contribution in [3.05, 3.63) is 12.2 Å². The van der Waals surface area contributed by atoms with Gasteiger partial charge in [-0.15, -0.1) is 0 Å². The van der Waals surface area contributed by atoms with Crippen LogP contribution < -0.4 is 0 Å². The van der Waals surface area contributed by atoms with Crippen LogP contribution in [0.2, 0.25) is 0 Å². The Balaban J connectivity index is 2.65. The Morgan fingerprint density at radius 2 is 1.92 bits per heavy atom. The summed E-state index contributed by atoms with van der Waals surface area (Å²) in [7, 11) is 0. The van der Waals surface area contributed by atoms with Crippen LogP contribution >= 0.6 is 0 Å². The lowest BCUT2D eigenvalue weighted by molar-refractivity contribution is 0.0106. The summed E-state index contributed by atoms with van der Waals surface area (Å²) in [5.41, 5.74) is 1.23. The Hall–Kier alpha value is -0.300. The van der Waals surface area contributed by atoms with Gasteiger partial charge in [-0.3, -0.25) is 0 Å². The van der Waals surface area contributed by atoms with Crippen LogP contribution in [0.25, 0.3) is 0 Å². The third-order valence-electron chi connectivity index (χ3n) is 3.32. The van der Waals surface area contributed by atoms with Crippen molar-refractivity contribution in [2.75, 3.05) is 0 Å². The second-order valence-electron chi connectivity index (χ2n) is 4.36. The first-order valence-corrected chi connectivity index (χ1v) is 4.87. The van der Waals surface area contributed by atoms with Crippen molar-refractivity contribution in [2.45, 2.75) is 39.7 Å². The van der Waals surface area contributed by atoms with Gasteiger partial charge >= 0.3 is 0 Å². The molecule has 12 heavy (non-hydrogen) atoms. The van der Waals surface area contributed by atoms with Crippen LogP contribution in [0.15, 0.2) is 12.2 Å². The van der Waals surface area contributed by atoms with Gasteiger partial charge in [-0.05, 0) is 37.5 Å². The molecule has 1 unspecified atom stereocenters. The van der Waals surface area contributed by atoms with E-state index in [2.05, 4.69) is 27.4 Å². The van der Waals surface area contributed by atoms with Crippen molar-refractivity contribution in [3.63, 3.8) is 0 Å². The lowest BCUT2D eigenvalue weighted by Crippen LogP contribution is -2.36. The molecule has 0 bridgehead atoms. The van der Waals surface area contributed by atoms with Gasteiger partial charge in [0.15, 0.2) is 0 Å². The molecule has 1 rings (SSSR count). The quantitative estimate of drug-likeness (QED) is 0.597. The van der Waals surface area contributed by atoms with Gasteiger partial charge in [0.2, 0.25) is 0 Å². The summed E-state index contributed by atoms with van der Waals surface area (Å²) in [6.07, 6.45) is 2.22. The van der Waals surface area contributed by atoms with Crippen LogP contribution in [0.5, 0.6) is 0 Å². The first-order chi connectivity index (χ1) is 5.54. The van der Waals surface area contributed by atoms with Crippen molar-refractivity contribution < 1.29 is 5.11 Å². The highest BCUT2D eigenvalue weighted by Gasteiger charge is 2.33. The van der Waals surface area contributed by atoms with Gasteiger partial charge in [0.1, 0.15) is 0 Å². The SMILES string of the molecule is C=C(C)C1CC[C@@H](C)[C@@H](O)[C@H]1C. The van der Waals surface area contributed by atoms with Crippen molar-refractivity contribution in [1.29, 1.82) is 0 Å². The fourth-order valence-electron chi connectivity index (χ4n) is 2.33. The second kappa shape index (κ2) is 3.61. The van der Waals surface area contributed by atoms with Gasteiger partial charge in [-0.25, -0.2) is 0 Å². The summed E-state index contributed by atoms with van der Waals surface area (Å²) >= 11 is 0. The molecule has 0 aromatic rings. The van der Waals surface area contributed by atoms with Crippen molar-refractivity contribution in [1.82, 2.24) is 0 Å². The molecule has 1 N–H and O–H groups in total. The molecule has 1 aliphatic carbocycles. The molecular formula is C11H20O. The molecular weight excluding hydrogens is 148 g/mol. The highest BCUT2D eigenvalue weighted by atomic mass is 16.3. The molecule has 0 amide bonds. The van der Waals surface area contributed by atoms with Crippen molar-refractivity contribution in [2.24, 2.45) is 17.8 Å². The van der Waals surface area contributed by atoms with E-state index in [1.165, 1.54) is 12.0 Å². The highest BCUT2D eigenvalue weighted by Crippen LogP contribution is 2.36. The molecule has 0 aromatic heterocycles. The van der Waals surface area contributed by atoms with Crippen LogP contribution in [0.3, 0.4) is 0 Å². The first kappa shape index (κ1) is 9.79. The number of hydrogen-bond acceptors (Lipinski definition) is 1. The maximum Gasteiger partial charge on any atom is 0.0596 e. The summed E-state index contributed by atoms with van der Waals surface area (Å²) in [5, 5.41) is 9.82. The zero-order chi connectivity index (χ0) is 9.30. The average molecular weight is 168 g/mol. The standard InChI is InChI=1S/C11H20O/c1-7(2)10-6-5-8(3)11(12)9(10)4/h8-12H,1,5-6H2,2-4H3/t8-,9+,10?,11-/m1/s1. The smallest absolute Gasteiger partial charge is 0.0596 e. The zero-order valence-corrected chi connectivity index (χ0v) is 8.38. The van der Waals surface area contributed by atoms with Gasteiger partial charge in [-0.2, -0.15) is 0 Å². The van der Waals surface area contributed by atoms with E-state index >= 15 is 0 Å². The predicted octanol–water partition coefficient (Wildman–Crippen LogP) is 2.61. The summed E-state index contributed by atoms with van der Waals surface area (Å²) < 4.78 is 0. The highest BCUT2D eigenvalue weighted by molar-refractivity contribution is 5.02. The third kappa shape index (κ3) is 1.71. The van der Waals surface area contributed by atoms with Crippen LogP contribution in [0.1, 0.15) is 33.6 Å². The molecule has 1 nitrogen and oxygen atoms in total. The average Bonchev–Trinajstić information content (AvgIpc) is 2.00. The van der Waals surface area contributed by atoms with E-state index in [1.54, 1.807) is 0 Å². The zero-order valence-electron chi connectivity index (χ0n) is 8.38. The van der Waals surface area contributed by atoms with Gasteiger partial charge in [0.05, 0.1) is 6.10 Å². The minimum Gasteiger partial charge on any atom is -0.393 e. The van der Waals surface area contributed by atoms with Gasteiger partial charge in [-0.1, -0.05) is 26.0 Å². The van der Waals surface area contributed by atoms with Crippen LogP contribution in [-0.2, 0) is 0 Å². The van der Waals surface area contributed by atoms with E-state index < -0.39 is 0 Å². The first-order valence-electron chi connectivity index (χ1n) is 4.87. The largest absolute Gasteiger partial charge is 0.393 e. The number of aliphatic hydroxyl groups excluding tert-OH is 1. The molecule has 70 valence electrons. The molecule has 0 aromatic carbocycles. The lowest BCUT2D eigenvalue weighted by Gasteiger charge is -2.37. The monoisotopic (exact) mass is 168 g/mol. The molecule has 4 atom stereocenters. The van der Waals surface area contributed by atoms with Gasteiger partial charge in [0.25, 0.3) is 0 Å². The molecule has 1 heteroatoms. The Labute approximate surface area is 75.5 Å². The molecule has 0 aliphatic heterocycles. The maximum atomic E-state index is 9.82. The van der Waals surface area contributed by atoms with Crippen molar-refractivity contribution >= 4 is 0 Å². The Morgan fingerprint density at radius 1 is 1.33 bits per heavy atom. The molecule has 1 saturated carbocycles. The fraction of sp³-hybridized carbons (Fsp3) is 0.818. The lowest BCUT2D eigenvalue weighted by atomic mass is 9.71.